The molecule has 27 heavy (non-hydrogen) atoms. The molecule has 0 saturated heterocycles. The number of nitrogens with zero attached hydrogens (tertiary/aromatic N) is 1. The van der Waals surface area contributed by atoms with Crippen LogP contribution in [0.5, 0.6) is 11.5 Å². The van der Waals surface area contributed by atoms with Crippen LogP contribution >= 0.6 is 0 Å². The number of aromatic nitrogens is 1. The Hall–Kier alpha value is -3.16. The van der Waals surface area contributed by atoms with Crippen molar-refractivity contribution in [3.8, 4) is 11.5 Å². The van der Waals surface area contributed by atoms with Crippen LogP contribution in [-0.2, 0) is 17.8 Å². The van der Waals surface area contributed by atoms with E-state index in [1.165, 1.54) is 25.3 Å². The lowest BCUT2D eigenvalue weighted by molar-refractivity contribution is -0.274. The number of aliphatic carboxylic acids is 1. The summed E-state index contributed by atoms with van der Waals surface area (Å²) in [4.78, 5) is 11.1. The second kappa shape index (κ2) is 7.22. The summed E-state index contributed by atoms with van der Waals surface area (Å²) in [7, 11) is 1.52. The number of carbonyl (C=O) groups is 1. The number of halogens is 3. The summed E-state index contributed by atoms with van der Waals surface area (Å²) in [5.74, 6) is -0.686. The van der Waals surface area contributed by atoms with E-state index < -0.39 is 12.3 Å². The van der Waals surface area contributed by atoms with Crippen LogP contribution in [0, 0.1) is 0 Å². The average Bonchev–Trinajstić information content (AvgIpc) is 2.90. The first-order valence-electron chi connectivity index (χ1n) is 7.97. The Morgan fingerprint density at radius 2 is 1.93 bits per heavy atom. The number of carboxylic acid groups (broad SMARTS) is 1. The molecule has 2 aromatic carbocycles. The summed E-state index contributed by atoms with van der Waals surface area (Å²) < 4.78 is 48.2. The third-order valence-electron chi connectivity index (χ3n) is 4.00. The van der Waals surface area contributed by atoms with Gasteiger partial charge in [-0.3, -0.25) is 4.79 Å². The van der Waals surface area contributed by atoms with Crippen LogP contribution < -0.4 is 9.47 Å². The van der Waals surface area contributed by atoms with Gasteiger partial charge in [0.2, 0.25) is 0 Å². The molecule has 1 aromatic heterocycles. The van der Waals surface area contributed by atoms with Crippen molar-refractivity contribution in [2.45, 2.75) is 19.3 Å². The van der Waals surface area contributed by atoms with Crippen LogP contribution in [0.1, 0.15) is 11.1 Å². The number of carboxylic acids is 1. The molecule has 0 bridgehead atoms. The summed E-state index contributed by atoms with van der Waals surface area (Å²) in [6.07, 6.45) is -3.24. The van der Waals surface area contributed by atoms with Crippen LogP contribution in [0.3, 0.4) is 0 Å². The van der Waals surface area contributed by atoms with Crippen LogP contribution in [0.15, 0.2) is 48.7 Å². The van der Waals surface area contributed by atoms with E-state index in [-0.39, 0.29) is 18.7 Å². The standard InChI is InChI=1S/C19H16F3NO4/c1-26-14-5-6-17-16(9-14)13(8-18(24)25)11-23(17)10-12-3-2-4-15(7-12)27-19(20,21)22/h2-7,9,11H,8,10H2,1H3,(H,24,25). The third kappa shape index (κ3) is 4.52. The molecule has 0 unspecified atom stereocenters. The number of fused-ring (bicyclic) bond motifs is 1. The minimum atomic E-state index is -4.76. The molecular weight excluding hydrogens is 363 g/mol. The Kier molecular flexibility index (Phi) is 4.98. The van der Waals surface area contributed by atoms with E-state index in [9.17, 15) is 18.0 Å². The fourth-order valence-electron chi connectivity index (χ4n) is 2.95. The Bertz CT molecular complexity index is 979. The largest absolute Gasteiger partial charge is 0.573 e. The van der Waals surface area contributed by atoms with Gasteiger partial charge in [-0.15, -0.1) is 13.2 Å². The smallest absolute Gasteiger partial charge is 0.497 e. The Balaban J connectivity index is 1.97. The minimum Gasteiger partial charge on any atom is -0.497 e. The van der Waals surface area contributed by atoms with Gasteiger partial charge in [0.25, 0.3) is 0 Å². The molecule has 3 aromatic rings. The maximum absolute atomic E-state index is 12.4. The Labute approximate surface area is 152 Å². The number of methoxy groups -OCH3 is 1. The van der Waals surface area contributed by atoms with Gasteiger partial charge in [0, 0.05) is 23.6 Å². The monoisotopic (exact) mass is 379 g/mol. The lowest BCUT2D eigenvalue weighted by Crippen LogP contribution is -2.17. The first kappa shape index (κ1) is 18.6. The van der Waals surface area contributed by atoms with E-state index >= 15 is 0 Å². The molecule has 0 amide bonds. The highest BCUT2D eigenvalue weighted by Crippen LogP contribution is 2.28. The van der Waals surface area contributed by atoms with Crippen molar-refractivity contribution in [2.75, 3.05) is 7.11 Å². The zero-order valence-electron chi connectivity index (χ0n) is 14.3. The Morgan fingerprint density at radius 3 is 2.59 bits per heavy atom. The van der Waals surface area contributed by atoms with Crippen LogP contribution in [0.25, 0.3) is 10.9 Å². The van der Waals surface area contributed by atoms with Crippen molar-refractivity contribution in [3.63, 3.8) is 0 Å². The quantitative estimate of drug-likeness (QED) is 0.697. The summed E-state index contributed by atoms with van der Waals surface area (Å²) in [6, 6.07) is 11.0. The van der Waals surface area contributed by atoms with Crippen molar-refractivity contribution in [3.05, 3.63) is 59.8 Å². The predicted octanol–water partition coefficient (Wildman–Crippen LogP) is 4.22. The first-order chi connectivity index (χ1) is 12.7. The third-order valence-corrected chi connectivity index (χ3v) is 4.00. The van der Waals surface area contributed by atoms with Gasteiger partial charge in [-0.2, -0.15) is 0 Å². The van der Waals surface area contributed by atoms with Crippen LogP contribution in [0.4, 0.5) is 13.2 Å². The van der Waals surface area contributed by atoms with Gasteiger partial charge in [0.15, 0.2) is 0 Å². The zero-order valence-corrected chi connectivity index (χ0v) is 14.3. The molecule has 0 atom stereocenters. The molecule has 0 spiro atoms. The number of alkyl halides is 3. The molecule has 0 saturated carbocycles. The van der Waals surface area contributed by atoms with Gasteiger partial charge < -0.3 is 19.1 Å². The van der Waals surface area contributed by atoms with Gasteiger partial charge in [-0.05, 0) is 41.5 Å². The van der Waals surface area contributed by atoms with Gasteiger partial charge in [-0.25, -0.2) is 0 Å². The van der Waals surface area contributed by atoms with Crippen molar-refractivity contribution >= 4 is 16.9 Å². The maximum Gasteiger partial charge on any atom is 0.573 e. The summed E-state index contributed by atoms with van der Waals surface area (Å²) in [6.45, 7) is 0.261. The summed E-state index contributed by atoms with van der Waals surface area (Å²) >= 11 is 0. The van der Waals surface area contributed by atoms with Gasteiger partial charge >= 0.3 is 12.3 Å². The highest BCUT2D eigenvalue weighted by Gasteiger charge is 2.31. The average molecular weight is 379 g/mol. The highest BCUT2D eigenvalue weighted by atomic mass is 19.4. The van der Waals surface area contributed by atoms with Crippen molar-refractivity contribution < 1.29 is 32.5 Å². The predicted molar refractivity (Wildman–Crippen MR) is 92.1 cm³/mol. The molecule has 142 valence electrons. The maximum atomic E-state index is 12.4. The van der Waals surface area contributed by atoms with E-state index in [1.807, 2.05) is 0 Å². The number of rotatable bonds is 6. The first-order valence-corrected chi connectivity index (χ1v) is 7.97. The molecule has 0 aliphatic rings. The molecule has 0 aliphatic carbocycles. The second-order valence-corrected chi connectivity index (χ2v) is 5.93. The van der Waals surface area contributed by atoms with Crippen LogP contribution in [-0.4, -0.2) is 29.1 Å². The lowest BCUT2D eigenvalue weighted by atomic mass is 10.1. The van der Waals surface area contributed by atoms with Gasteiger partial charge in [-0.1, -0.05) is 12.1 Å². The molecule has 1 heterocycles. The SMILES string of the molecule is COc1ccc2c(c1)c(CC(=O)O)cn2Cc1cccc(OC(F)(F)F)c1. The number of benzene rings is 2. The minimum absolute atomic E-state index is 0.173. The molecule has 3 rings (SSSR count). The van der Waals surface area contributed by atoms with Crippen LogP contribution in [0.2, 0.25) is 0 Å². The number of hydrogen-bond donors (Lipinski definition) is 1. The zero-order chi connectivity index (χ0) is 19.6. The van der Waals surface area contributed by atoms with E-state index in [2.05, 4.69) is 4.74 Å². The van der Waals surface area contributed by atoms with Crippen molar-refractivity contribution in [2.24, 2.45) is 0 Å². The molecule has 0 aliphatic heterocycles. The number of ether oxygens (including phenoxy) is 2. The van der Waals surface area contributed by atoms with Crippen molar-refractivity contribution in [1.29, 1.82) is 0 Å². The highest BCUT2D eigenvalue weighted by molar-refractivity contribution is 5.88. The lowest BCUT2D eigenvalue weighted by Gasteiger charge is -2.11. The van der Waals surface area contributed by atoms with E-state index in [0.717, 1.165) is 10.9 Å². The number of hydrogen-bond acceptors (Lipinski definition) is 3. The molecule has 5 nitrogen and oxygen atoms in total. The normalized spacial score (nSPS) is 11.6. The molecular formula is C19H16F3NO4. The summed E-state index contributed by atoms with van der Waals surface area (Å²) in [5.41, 5.74) is 1.94. The Morgan fingerprint density at radius 1 is 1.15 bits per heavy atom. The topological polar surface area (TPSA) is 60.7 Å². The second-order valence-electron chi connectivity index (χ2n) is 5.93. The van der Waals surface area contributed by atoms with E-state index in [0.29, 0.717) is 16.9 Å². The molecule has 0 fully saturated rings. The van der Waals surface area contributed by atoms with Gasteiger partial charge in [0.05, 0.1) is 13.5 Å². The van der Waals surface area contributed by atoms with E-state index in [1.54, 1.807) is 35.0 Å². The van der Waals surface area contributed by atoms with E-state index in [4.69, 9.17) is 9.84 Å². The van der Waals surface area contributed by atoms with Crippen molar-refractivity contribution in [1.82, 2.24) is 4.57 Å². The summed E-state index contributed by atoms with van der Waals surface area (Å²) in [5, 5.41) is 9.85. The molecule has 8 heteroatoms. The molecule has 1 N–H and O–H groups in total. The fraction of sp³-hybridized carbons (Fsp3) is 0.211. The fourth-order valence-corrected chi connectivity index (χ4v) is 2.95. The molecule has 0 radical (unpaired) electrons. The van der Waals surface area contributed by atoms with Gasteiger partial charge in [0.1, 0.15) is 11.5 Å².